The number of nitrogens with one attached hydrogen (secondary N) is 1. The highest BCUT2D eigenvalue weighted by atomic mass is 35.5. The van der Waals surface area contributed by atoms with Crippen molar-refractivity contribution >= 4 is 23.0 Å². The molecule has 3 N–H and O–H groups in total. The van der Waals surface area contributed by atoms with E-state index in [0.29, 0.717) is 10.7 Å². The monoisotopic (exact) mass is 251 g/mol. The maximum Gasteiger partial charge on any atom is 0.154 e. The normalized spacial score (nSPS) is 12.4. The van der Waals surface area contributed by atoms with Gasteiger partial charge < -0.3 is 15.6 Å². The number of anilines is 2. The third kappa shape index (κ3) is 2.34. The summed E-state index contributed by atoms with van der Waals surface area (Å²) >= 11 is 5.96. The third-order valence-corrected chi connectivity index (χ3v) is 2.89. The molecule has 1 unspecified atom stereocenters. The van der Waals surface area contributed by atoms with Gasteiger partial charge in [0.25, 0.3) is 0 Å². The molecule has 0 fully saturated rings. The molecule has 1 aromatic heterocycles. The van der Waals surface area contributed by atoms with Gasteiger partial charge in [-0.1, -0.05) is 17.7 Å². The molecule has 1 heterocycles. The Morgan fingerprint density at radius 2 is 2.24 bits per heavy atom. The summed E-state index contributed by atoms with van der Waals surface area (Å²) in [5, 5.41) is 11.7. The van der Waals surface area contributed by atoms with Crippen molar-refractivity contribution in [2.75, 3.05) is 11.1 Å². The summed E-state index contributed by atoms with van der Waals surface area (Å²) in [6.07, 6.45) is 1.66. The molecule has 0 amide bonds. The number of hydrogen-bond donors (Lipinski definition) is 2. The van der Waals surface area contributed by atoms with Crippen molar-refractivity contribution in [1.29, 1.82) is 0 Å². The number of aromatic nitrogens is 3. The van der Waals surface area contributed by atoms with Crippen molar-refractivity contribution in [3.8, 4) is 0 Å². The molecule has 1 aromatic carbocycles. The molecule has 0 saturated heterocycles. The number of para-hydroxylation sites is 1. The summed E-state index contributed by atoms with van der Waals surface area (Å²) in [6.45, 7) is 1.99. The van der Waals surface area contributed by atoms with Crippen molar-refractivity contribution in [1.82, 2.24) is 14.8 Å². The Morgan fingerprint density at radius 1 is 1.47 bits per heavy atom. The molecule has 6 heteroatoms. The van der Waals surface area contributed by atoms with Crippen molar-refractivity contribution < 1.29 is 0 Å². The lowest BCUT2D eigenvalue weighted by Crippen LogP contribution is -2.13. The number of aryl methyl sites for hydroxylation is 1. The number of nitrogens with two attached hydrogens (primary N) is 1. The van der Waals surface area contributed by atoms with E-state index in [1.165, 1.54) is 0 Å². The lowest BCUT2D eigenvalue weighted by atomic mass is 10.2. The fraction of sp³-hybridized carbons (Fsp3) is 0.273. The first-order chi connectivity index (χ1) is 8.09. The molecule has 0 aliphatic heterocycles. The average molecular weight is 252 g/mol. The molecular weight excluding hydrogens is 238 g/mol. The van der Waals surface area contributed by atoms with E-state index in [9.17, 15) is 0 Å². The Morgan fingerprint density at radius 3 is 2.88 bits per heavy atom. The van der Waals surface area contributed by atoms with E-state index in [-0.39, 0.29) is 6.04 Å². The molecule has 0 aliphatic carbocycles. The largest absolute Gasteiger partial charge is 0.396 e. The quantitative estimate of drug-likeness (QED) is 0.821. The lowest BCUT2D eigenvalue weighted by Gasteiger charge is -2.16. The van der Waals surface area contributed by atoms with Crippen LogP contribution in [0.5, 0.6) is 0 Å². The van der Waals surface area contributed by atoms with Gasteiger partial charge in [0.1, 0.15) is 6.33 Å². The van der Waals surface area contributed by atoms with Crippen LogP contribution in [-0.2, 0) is 7.05 Å². The minimum atomic E-state index is 0.00302. The van der Waals surface area contributed by atoms with Crippen LogP contribution in [0, 0.1) is 0 Å². The zero-order valence-electron chi connectivity index (χ0n) is 9.68. The van der Waals surface area contributed by atoms with E-state index in [1.807, 2.05) is 30.7 Å². The minimum Gasteiger partial charge on any atom is -0.396 e. The van der Waals surface area contributed by atoms with Crippen LogP contribution in [0.15, 0.2) is 24.5 Å². The Balaban J connectivity index is 2.22. The topological polar surface area (TPSA) is 68.8 Å². The van der Waals surface area contributed by atoms with Gasteiger partial charge in [-0.15, -0.1) is 10.2 Å². The average Bonchev–Trinajstić information content (AvgIpc) is 2.71. The first kappa shape index (κ1) is 11.7. The van der Waals surface area contributed by atoms with Crippen molar-refractivity contribution in [2.24, 2.45) is 7.05 Å². The summed E-state index contributed by atoms with van der Waals surface area (Å²) in [7, 11) is 1.90. The number of nitrogens with zero attached hydrogens (tertiary/aromatic N) is 3. The zero-order chi connectivity index (χ0) is 12.4. The molecule has 0 saturated carbocycles. The minimum absolute atomic E-state index is 0.00302. The summed E-state index contributed by atoms with van der Waals surface area (Å²) in [4.78, 5) is 0. The molecule has 2 rings (SSSR count). The number of nitrogen functional groups attached to an aromatic ring is 1. The highest BCUT2D eigenvalue weighted by Gasteiger charge is 2.12. The van der Waals surface area contributed by atoms with Crippen LogP contribution in [0.4, 0.5) is 11.4 Å². The standard InChI is InChI=1S/C11H14ClN5/c1-7(11-16-14-6-17(11)2)15-9-5-3-4-8(12)10(9)13/h3-7,15H,13H2,1-2H3. The molecule has 0 radical (unpaired) electrons. The van der Waals surface area contributed by atoms with Gasteiger partial charge in [-0.3, -0.25) is 0 Å². The molecule has 5 nitrogen and oxygen atoms in total. The summed E-state index contributed by atoms with van der Waals surface area (Å²) in [5.74, 6) is 0.837. The van der Waals surface area contributed by atoms with Gasteiger partial charge in [-0.05, 0) is 19.1 Å². The van der Waals surface area contributed by atoms with E-state index >= 15 is 0 Å². The van der Waals surface area contributed by atoms with Gasteiger partial charge in [-0.25, -0.2) is 0 Å². The first-order valence-corrected chi connectivity index (χ1v) is 5.62. The van der Waals surface area contributed by atoms with Gasteiger partial charge in [0.15, 0.2) is 5.82 Å². The highest BCUT2D eigenvalue weighted by molar-refractivity contribution is 6.33. The van der Waals surface area contributed by atoms with Gasteiger partial charge >= 0.3 is 0 Å². The van der Waals surface area contributed by atoms with Crippen LogP contribution in [0.3, 0.4) is 0 Å². The van der Waals surface area contributed by atoms with E-state index < -0.39 is 0 Å². The summed E-state index contributed by atoms with van der Waals surface area (Å²) < 4.78 is 1.86. The molecular formula is C11H14ClN5. The summed E-state index contributed by atoms with van der Waals surface area (Å²) in [5.41, 5.74) is 7.23. The van der Waals surface area contributed by atoms with Crippen LogP contribution in [0.25, 0.3) is 0 Å². The molecule has 0 bridgehead atoms. The van der Waals surface area contributed by atoms with Crippen LogP contribution in [0.1, 0.15) is 18.8 Å². The van der Waals surface area contributed by atoms with Crippen molar-refractivity contribution in [3.63, 3.8) is 0 Å². The molecule has 0 spiro atoms. The molecule has 17 heavy (non-hydrogen) atoms. The number of benzene rings is 1. The van der Waals surface area contributed by atoms with Gasteiger partial charge in [0, 0.05) is 7.05 Å². The van der Waals surface area contributed by atoms with Crippen LogP contribution in [0.2, 0.25) is 5.02 Å². The Bertz CT molecular complexity index is 522. The van der Waals surface area contributed by atoms with Gasteiger partial charge in [0.05, 0.1) is 22.4 Å². The molecule has 1 atom stereocenters. The van der Waals surface area contributed by atoms with Gasteiger partial charge in [-0.2, -0.15) is 0 Å². The van der Waals surface area contributed by atoms with Gasteiger partial charge in [0.2, 0.25) is 0 Å². The third-order valence-electron chi connectivity index (χ3n) is 2.56. The molecule has 90 valence electrons. The van der Waals surface area contributed by atoms with E-state index in [0.717, 1.165) is 11.5 Å². The second-order valence-electron chi connectivity index (χ2n) is 3.87. The number of halogens is 1. The SMILES string of the molecule is CC(Nc1cccc(Cl)c1N)c1nncn1C. The van der Waals surface area contributed by atoms with E-state index in [1.54, 1.807) is 12.4 Å². The van der Waals surface area contributed by atoms with Crippen LogP contribution >= 0.6 is 11.6 Å². The molecule has 0 aliphatic rings. The van der Waals surface area contributed by atoms with Crippen LogP contribution < -0.4 is 11.1 Å². The lowest BCUT2D eigenvalue weighted by molar-refractivity contribution is 0.719. The smallest absolute Gasteiger partial charge is 0.154 e. The number of rotatable bonds is 3. The predicted molar refractivity (Wildman–Crippen MR) is 68.9 cm³/mol. The first-order valence-electron chi connectivity index (χ1n) is 5.24. The second-order valence-corrected chi connectivity index (χ2v) is 4.27. The second kappa shape index (κ2) is 4.63. The fourth-order valence-corrected chi connectivity index (χ4v) is 1.82. The number of hydrogen-bond acceptors (Lipinski definition) is 4. The van der Waals surface area contributed by atoms with Crippen molar-refractivity contribution in [2.45, 2.75) is 13.0 Å². The predicted octanol–water partition coefficient (Wildman–Crippen LogP) is 2.22. The molecule has 2 aromatic rings. The summed E-state index contributed by atoms with van der Waals surface area (Å²) in [6, 6.07) is 5.50. The fourth-order valence-electron chi connectivity index (χ4n) is 1.64. The van der Waals surface area contributed by atoms with Crippen LogP contribution in [-0.4, -0.2) is 14.8 Å². The van der Waals surface area contributed by atoms with Crippen molar-refractivity contribution in [3.05, 3.63) is 35.4 Å². The van der Waals surface area contributed by atoms with E-state index in [2.05, 4.69) is 15.5 Å². The Hall–Kier alpha value is -1.75. The van der Waals surface area contributed by atoms with E-state index in [4.69, 9.17) is 17.3 Å². The highest BCUT2D eigenvalue weighted by Crippen LogP contribution is 2.29. The zero-order valence-corrected chi connectivity index (χ0v) is 10.4. The maximum absolute atomic E-state index is 5.96. The Labute approximate surface area is 105 Å². The maximum atomic E-state index is 5.96. The Kier molecular flexibility index (Phi) is 3.19.